The quantitative estimate of drug-likeness (QED) is 0.737. The molecular formula is C13H22F3N. The van der Waals surface area contributed by atoms with Gasteiger partial charge in [-0.2, -0.15) is 13.2 Å². The topological polar surface area (TPSA) is 3.24 Å². The number of rotatable bonds is 3. The minimum atomic E-state index is -4.03. The Labute approximate surface area is 101 Å². The van der Waals surface area contributed by atoms with Crippen molar-refractivity contribution < 1.29 is 13.2 Å². The third-order valence-electron chi connectivity index (χ3n) is 4.58. The standard InChI is InChI=1S/C13H22F3N/c1-3-12(2)9-17(8-10-4-5-10)7-6-11(12)13(14,15)16/h10-11H,3-9H2,1-2H3/t11-,12?/m1/s1. The molecule has 0 amide bonds. The van der Waals surface area contributed by atoms with Crippen molar-refractivity contribution in [1.29, 1.82) is 0 Å². The number of alkyl halides is 3. The van der Waals surface area contributed by atoms with Gasteiger partial charge in [-0.15, -0.1) is 0 Å². The monoisotopic (exact) mass is 249 g/mol. The predicted octanol–water partition coefficient (Wildman–Crippen LogP) is 3.70. The first-order valence-corrected chi connectivity index (χ1v) is 6.64. The zero-order valence-electron chi connectivity index (χ0n) is 10.7. The molecule has 17 heavy (non-hydrogen) atoms. The van der Waals surface area contributed by atoms with Crippen LogP contribution in [-0.2, 0) is 0 Å². The molecule has 1 unspecified atom stereocenters. The second kappa shape index (κ2) is 4.45. The minimum absolute atomic E-state index is 0.278. The van der Waals surface area contributed by atoms with Crippen LogP contribution < -0.4 is 0 Å². The Morgan fingerprint density at radius 2 is 1.88 bits per heavy atom. The van der Waals surface area contributed by atoms with E-state index in [1.54, 1.807) is 0 Å². The van der Waals surface area contributed by atoms with Crippen LogP contribution in [0.5, 0.6) is 0 Å². The summed E-state index contributed by atoms with van der Waals surface area (Å²) < 4.78 is 39.0. The number of hydrogen-bond donors (Lipinski definition) is 0. The summed E-state index contributed by atoms with van der Waals surface area (Å²) in [6, 6.07) is 0. The maximum Gasteiger partial charge on any atom is 0.392 e. The lowest BCUT2D eigenvalue weighted by molar-refractivity contribution is -0.220. The van der Waals surface area contributed by atoms with Crippen molar-refractivity contribution in [2.75, 3.05) is 19.6 Å². The molecule has 0 aromatic rings. The summed E-state index contributed by atoms with van der Waals surface area (Å²) >= 11 is 0. The van der Waals surface area contributed by atoms with Gasteiger partial charge in [-0.1, -0.05) is 13.8 Å². The highest BCUT2D eigenvalue weighted by Crippen LogP contribution is 2.47. The molecule has 1 saturated carbocycles. The predicted molar refractivity (Wildman–Crippen MR) is 61.7 cm³/mol. The molecule has 1 aliphatic heterocycles. The van der Waals surface area contributed by atoms with Crippen molar-refractivity contribution >= 4 is 0 Å². The largest absolute Gasteiger partial charge is 0.392 e. The summed E-state index contributed by atoms with van der Waals surface area (Å²) in [5, 5.41) is 0. The van der Waals surface area contributed by atoms with E-state index in [0.717, 1.165) is 12.5 Å². The molecule has 0 aromatic carbocycles. The van der Waals surface area contributed by atoms with Crippen LogP contribution in [0.3, 0.4) is 0 Å². The molecule has 0 N–H and O–H groups in total. The number of likely N-dealkylation sites (tertiary alicyclic amines) is 1. The van der Waals surface area contributed by atoms with Gasteiger partial charge in [0.15, 0.2) is 0 Å². The second-order valence-electron chi connectivity index (χ2n) is 6.07. The summed E-state index contributed by atoms with van der Waals surface area (Å²) in [6.07, 6.45) is -0.612. The third kappa shape index (κ3) is 2.95. The number of nitrogens with zero attached hydrogens (tertiary/aromatic N) is 1. The van der Waals surface area contributed by atoms with Crippen LogP contribution >= 0.6 is 0 Å². The van der Waals surface area contributed by atoms with Crippen LogP contribution in [0.2, 0.25) is 0 Å². The highest BCUT2D eigenvalue weighted by atomic mass is 19.4. The van der Waals surface area contributed by atoms with Gasteiger partial charge in [0.2, 0.25) is 0 Å². The molecule has 1 nitrogen and oxygen atoms in total. The van der Waals surface area contributed by atoms with Crippen molar-refractivity contribution in [3.05, 3.63) is 0 Å². The lowest BCUT2D eigenvalue weighted by atomic mass is 9.70. The van der Waals surface area contributed by atoms with Gasteiger partial charge in [-0.3, -0.25) is 0 Å². The Hall–Kier alpha value is -0.250. The van der Waals surface area contributed by atoms with Crippen LogP contribution in [0.1, 0.15) is 39.5 Å². The molecule has 1 aliphatic carbocycles. The van der Waals surface area contributed by atoms with E-state index in [1.807, 2.05) is 13.8 Å². The van der Waals surface area contributed by atoms with E-state index < -0.39 is 17.5 Å². The molecule has 0 bridgehead atoms. The Morgan fingerprint density at radius 1 is 1.24 bits per heavy atom. The molecule has 4 heteroatoms. The first-order chi connectivity index (χ1) is 7.85. The third-order valence-corrected chi connectivity index (χ3v) is 4.58. The number of hydrogen-bond acceptors (Lipinski definition) is 1. The van der Waals surface area contributed by atoms with Crippen molar-refractivity contribution in [1.82, 2.24) is 4.90 Å². The van der Waals surface area contributed by atoms with Crippen LogP contribution in [0.25, 0.3) is 0 Å². The molecule has 0 spiro atoms. The fourth-order valence-electron chi connectivity index (χ4n) is 3.10. The van der Waals surface area contributed by atoms with Crippen molar-refractivity contribution in [3.63, 3.8) is 0 Å². The van der Waals surface area contributed by atoms with E-state index in [-0.39, 0.29) is 6.42 Å². The second-order valence-corrected chi connectivity index (χ2v) is 6.07. The highest BCUT2D eigenvalue weighted by Gasteiger charge is 2.52. The van der Waals surface area contributed by atoms with E-state index in [2.05, 4.69) is 4.90 Å². The Morgan fingerprint density at radius 3 is 2.35 bits per heavy atom. The first-order valence-electron chi connectivity index (χ1n) is 6.64. The minimum Gasteiger partial charge on any atom is -0.302 e. The van der Waals surface area contributed by atoms with Crippen molar-refractivity contribution in [3.8, 4) is 0 Å². The average Bonchev–Trinajstić information content (AvgIpc) is 3.00. The van der Waals surface area contributed by atoms with Crippen LogP contribution in [0.4, 0.5) is 13.2 Å². The first kappa shape index (κ1) is 13.2. The lowest BCUT2D eigenvalue weighted by Gasteiger charge is -2.46. The van der Waals surface area contributed by atoms with Crippen LogP contribution in [0.15, 0.2) is 0 Å². The summed E-state index contributed by atoms with van der Waals surface area (Å²) in [4.78, 5) is 2.25. The van der Waals surface area contributed by atoms with E-state index >= 15 is 0 Å². The number of piperidine rings is 1. The van der Waals surface area contributed by atoms with Crippen LogP contribution in [0, 0.1) is 17.3 Å². The Bertz CT molecular complexity index is 272. The van der Waals surface area contributed by atoms with E-state index in [1.165, 1.54) is 12.8 Å². The summed E-state index contributed by atoms with van der Waals surface area (Å²) in [5.74, 6) is -0.353. The molecule has 1 heterocycles. The molecule has 0 aromatic heterocycles. The molecular weight excluding hydrogens is 227 g/mol. The molecule has 2 atom stereocenters. The normalized spacial score (nSPS) is 36.2. The van der Waals surface area contributed by atoms with Crippen molar-refractivity contribution in [2.24, 2.45) is 17.3 Å². The van der Waals surface area contributed by atoms with Crippen LogP contribution in [-0.4, -0.2) is 30.7 Å². The van der Waals surface area contributed by atoms with Gasteiger partial charge in [-0.25, -0.2) is 0 Å². The zero-order valence-corrected chi connectivity index (χ0v) is 10.7. The molecule has 100 valence electrons. The molecule has 0 radical (unpaired) electrons. The molecule has 2 rings (SSSR count). The van der Waals surface area contributed by atoms with Gasteiger partial charge >= 0.3 is 6.18 Å². The van der Waals surface area contributed by atoms with Gasteiger partial charge in [0.25, 0.3) is 0 Å². The van der Waals surface area contributed by atoms with Crippen molar-refractivity contribution in [2.45, 2.75) is 45.7 Å². The van der Waals surface area contributed by atoms with Gasteiger partial charge in [-0.05, 0) is 43.6 Å². The number of halogens is 3. The highest BCUT2D eigenvalue weighted by molar-refractivity contribution is 4.94. The molecule has 2 aliphatic rings. The van der Waals surface area contributed by atoms with E-state index in [9.17, 15) is 13.2 Å². The fraction of sp³-hybridized carbons (Fsp3) is 1.00. The fourth-order valence-corrected chi connectivity index (χ4v) is 3.10. The maximum atomic E-state index is 13.0. The zero-order chi connectivity index (χ0) is 12.7. The van der Waals surface area contributed by atoms with Gasteiger partial charge in [0.05, 0.1) is 5.92 Å². The summed E-state index contributed by atoms with van der Waals surface area (Å²) in [6.45, 7) is 5.95. The Kier molecular flexibility index (Phi) is 3.45. The van der Waals surface area contributed by atoms with E-state index in [4.69, 9.17) is 0 Å². The Balaban J connectivity index is 2.02. The smallest absolute Gasteiger partial charge is 0.302 e. The van der Waals surface area contributed by atoms with E-state index in [0.29, 0.717) is 19.5 Å². The molecule has 1 saturated heterocycles. The summed E-state index contributed by atoms with van der Waals surface area (Å²) in [7, 11) is 0. The molecule has 2 fully saturated rings. The van der Waals surface area contributed by atoms with Gasteiger partial charge in [0.1, 0.15) is 0 Å². The SMILES string of the molecule is CCC1(C)CN(CC2CC2)CC[C@H]1C(F)(F)F. The summed E-state index contributed by atoms with van der Waals surface area (Å²) in [5.41, 5.74) is -0.592. The average molecular weight is 249 g/mol. The van der Waals surface area contributed by atoms with Gasteiger partial charge < -0.3 is 4.90 Å². The maximum absolute atomic E-state index is 13.0. The lowest BCUT2D eigenvalue weighted by Crippen LogP contribution is -2.52. The van der Waals surface area contributed by atoms with Gasteiger partial charge in [0, 0.05) is 13.1 Å².